The van der Waals surface area contributed by atoms with Gasteiger partial charge >= 0.3 is 0 Å². The molecular formula is C16H12ClN5. The Labute approximate surface area is 131 Å². The molecule has 0 aromatic carbocycles. The molecule has 22 heavy (non-hydrogen) atoms. The maximum absolute atomic E-state index is 5.68. The summed E-state index contributed by atoms with van der Waals surface area (Å²) in [5.41, 5.74) is 7.23. The van der Waals surface area contributed by atoms with Crippen LogP contribution in [-0.4, -0.2) is 19.9 Å². The third-order valence-electron chi connectivity index (χ3n) is 2.97. The van der Waals surface area contributed by atoms with E-state index in [0.29, 0.717) is 11.0 Å². The average Bonchev–Trinajstić information content (AvgIpc) is 2.55. The van der Waals surface area contributed by atoms with Crippen LogP contribution in [0.3, 0.4) is 0 Å². The van der Waals surface area contributed by atoms with Crippen molar-refractivity contribution in [3.8, 4) is 0 Å². The summed E-state index contributed by atoms with van der Waals surface area (Å²) >= 11 is 5.68. The summed E-state index contributed by atoms with van der Waals surface area (Å²) in [4.78, 5) is 16.0. The van der Waals surface area contributed by atoms with Crippen molar-refractivity contribution in [1.82, 2.24) is 19.9 Å². The largest absolute Gasteiger partial charge is 0.384 e. The number of nitrogen functional groups attached to an aromatic ring is 1. The van der Waals surface area contributed by atoms with E-state index < -0.39 is 0 Å². The van der Waals surface area contributed by atoms with Gasteiger partial charge in [-0.05, 0) is 24.3 Å². The van der Waals surface area contributed by atoms with E-state index in [1.54, 1.807) is 30.9 Å². The van der Waals surface area contributed by atoms with Gasteiger partial charge in [0.05, 0.1) is 23.4 Å². The van der Waals surface area contributed by atoms with Gasteiger partial charge in [-0.25, -0.2) is 9.97 Å². The molecule has 4 rings (SSSR count). The van der Waals surface area contributed by atoms with Crippen LogP contribution in [0.2, 0.25) is 5.15 Å². The molecule has 4 aromatic heterocycles. The molecule has 4 heterocycles. The van der Waals surface area contributed by atoms with E-state index in [1.807, 2.05) is 30.3 Å². The van der Waals surface area contributed by atoms with Crippen molar-refractivity contribution in [2.75, 3.05) is 5.73 Å². The van der Waals surface area contributed by atoms with Crippen LogP contribution < -0.4 is 5.73 Å². The molecule has 6 heteroatoms. The lowest BCUT2D eigenvalue weighted by molar-refractivity contribution is 1.31. The summed E-state index contributed by atoms with van der Waals surface area (Å²) in [7, 11) is 0. The average molecular weight is 310 g/mol. The maximum atomic E-state index is 5.68. The number of nitrogens with zero attached hydrogens (tertiary/aromatic N) is 4. The fourth-order valence-corrected chi connectivity index (χ4v) is 2.11. The molecule has 2 N–H and O–H groups in total. The Morgan fingerprint density at radius 2 is 1.36 bits per heavy atom. The van der Waals surface area contributed by atoms with Gasteiger partial charge in [0.1, 0.15) is 11.0 Å². The van der Waals surface area contributed by atoms with E-state index in [4.69, 9.17) is 17.3 Å². The highest BCUT2D eigenvalue weighted by Crippen LogP contribution is 2.13. The van der Waals surface area contributed by atoms with Crippen LogP contribution in [0.15, 0.2) is 61.2 Å². The van der Waals surface area contributed by atoms with Crippen LogP contribution in [0.1, 0.15) is 0 Å². The summed E-state index contributed by atoms with van der Waals surface area (Å²) in [5.74, 6) is 0.533. The Kier molecular flexibility index (Phi) is 4.07. The zero-order valence-electron chi connectivity index (χ0n) is 11.5. The molecular weight excluding hydrogens is 298 g/mol. The molecule has 0 spiro atoms. The minimum Gasteiger partial charge on any atom is -0.384 e. The molecule has 0 bridgehead atoms. The van der Waals surface area contributed by atoms with Gasteiger partial charge in [-0.3, -0.25) is 9.97 Å². The van der Waals surface area contributed by atoms with Crippen molar-refractivity contribution in [1.29, 1.82) is 0 Å². The zero-order chi connectivity index (χ0) is 15.4. The molecule has 0 saturated heterocycles. The molecule has 0 unspecified atom stereocenters. The highest BCUT2D eigenvalue weighted by molar-refractivity contribution is 6.30. The number of halogens is 1. The van der Waals surface area contributed by atoms with E-state index in [2.05, 4.69) is 19.9 Å². The Bertz CT molecular complexity index is 849. The minimum atomic E-state index is 0.505. The SMILES string of the molecule is Clc1cc2cccnc2cn1.Nc1cc2cccnc2cn1. The Morgan fingerprint density at radius 1 is 0.773 bits per heavy atom. The van der Waals surface area contributed by atoms with Crippen molar-refractivity contribution in [3.63, 3.8) is 0 Å². The summed E-state index contributed by atoms with van der Waals surface area (Å²) in [6.07, 6.45) is 6.81. The second-order valence-corrected chi connectivity index (χ2v) is 4.90. The molecule has 0 saturated carbocycles. The van der Waals surface area contributed by atoms with Crippen LogP contribution in [0, 0.1) is 0 Å². The number of fused-ring (bicyclic) bond motifs is 2. The number of pyridine rings is 4. The third kappa shape index (κ3) is 3.27. The lowest BCUT2D eigenvalue weighted by Gasteiger charge is -1.95. The first-order chi connectivity index (χ1) is 10.7. The van der Waals surface area contributed by atoms with Gasteiger partial charge in [0, 0.05) is 23.2 Å². The molecule has 0 aliphatic carbocycles. The van der Waals surface area contributed by atoms with E-state index in [1.165, 1.54) is 0 Å². The molecule has 0 atom stereocenters. The van der Waals surface area contributed by atoms with Crippen molar-refractivity contribution in [3.05, 3.63) is 66.3 Å². The fourth-order valence-electron chi connectivity index (χ4n) is 1.94. The zero-order valence-corrected chi connectivity index (χ0v) is 12.3. The first kappa shape index (κ1) is 14.2. The lowest BCUT2D eigenvalue weighted by atomic mass is 10.2. The van der Waals surface area contributed by atoms with Crippen molar-refractivity contribution in [2.45, 2.75) is 0 Å². The predicted octanol–water partition coefficient (Wildman–Crippen LogP) is 3.50. The lowest BCUT2D eigenvalue weighted by Crippen LogP contribution is -1.89. The van der Waals surface area contributed by atoms with Crippen molar-refractivity contribution >= 4 is 39.2 Å². The quantitative estimate of drug-likeness (QED) is 0.503. The molecule has 4 aromatic rings. The van der Waals surface area contributed by atoms with Gasteiger partial charge in [0.2, 0.25) is 0 Å². The number of hydrogen-bond acceptors (Lipinski definition) is 5. The van der Waals surface area contributed by atoms with E-state index in [9.17, 15) is 0 Å². The second-order valence-electron chi connectivity index (χ2n) is 4.51. The Hall–Kier alpha value is -2.79. The van der Waals surface area contributed by atoms with Crippen LogP contribution in [0.5, 0.6) is 0 Å². The van der Waals surface area contributed by atoms with Gasteiger partial charge in [-0.15, -0.1) is 0 Å². The Balaban J connectivity index is 0.000000131. The molecule has 0 aliphatic heterocycles. The summed E-state index contributed by atoms with van der Waals surface area (Å²) in [5, 5.41) is 2.55. The van der Waals surface area contributed by atoms with Crippen LogP contribution in [-0.2, 0) is 0 Å². The number of anilines is 1. The number of nitrogens with two attached hydrogens (primary N) is 1. The van der Waals surface area contributed by atoms with Gasteiger partial charge in [-0.1, -0.05) is 23.7 Å². The van der Waals surface area contributed by atoms with Gasteiger partial charge in [-0.2, -0.15) is 0 Å². The second kappa shape index (κ2) is 6.32. The predicted molar refractivity (Wildman–Crippen MR) is 88.5 cm³/mol. The molecule has 0 radical (unpaired) electrons. The van der Waals surface area contributed by atoms with Crippen LogP contribution in [0.4, 0.5) is 5.82 Å². The van der Waals surface area contributed by atoms with E-state index in [-0.39, 0.29) is 0 Å². The molecule has 0 fully saturated rings. The van der Waals surface area contributed by atoms with Crippen molar-refractivity contribution in [2.24, 2.45) is 0 Å². The topological polar surface area (TPSA) is 77.6 Å². The first-order valence-electron chi connectivity index (χ1n) is 6.55. The molecule has 5 nitrogen and oxygen atoms in total. The van der Waals surface area contributed by atoms with Crippen LogP contribution >= 0.6 is 11.6 Å². The molecule has 0 aliphatic rings. The van der Waals surface area contributed by atoms with Crippen molar-refractivity contribution < 1.29 is 0 Å². The summed E-state index contributed by atoms with van der Waals surface area (Å²) < 4.78 is 0. The van der Waals surface area contributed by atoms with Gasteiger partial charge in [0.15, 0.2) is 0 Å². The summed E-state index contributed by atoms with van der Waals surface area (Å²) in [6, 6.07) is 11.3. The van der Waals surface area contributed by atoms with E-state index >= 15 is 0 Å². The third-order valence-corrected chi connectivity index (χ3v) is 3.17. The number of hydrogen-bond donors (Lipinski definition) is 1. The van der Waals surface area contributed by atoms with E-state index in [0.717, 1.165) is 21.8 Å². The first-order valence-corrected chi connectivity index (χ1v) is 6.93. The molecule has 0 amide bonds. The normalized spacial score (nSPS) is 10.2. The summed E-state index contributed by atoms with van der Waals surface area (Å²) in [6.45, 7) is 0. The molecule has 108 valence electrons. The Morgan fingerprint density at radius 3 is 2.05 bits per heavy atom. The van der Waals surface area contributed by atoms with Crippen LogP contribution in [0.25, 0.3) is 21.8 Å². The highest BCUT2D eigenvalue weighted by Gasteiger charge is 1.94. The minimum absolute atomic E-state index is 0.505. The van der Waals surface area contributed by atoms with Gasteiger partial charge in [0.25, 0.3) is 0 Å². The standard InChI is InChI=1S/C8H5ClN2.C8H7N3/c2*9-8-4-6-2-1-3-10-7(6)5-11-8/h1-5H;1-5H,(H2,9,11). The monoisotopic (exact) mass is 309 g/mol. The maximum Gasteiger partial charge on any atom is 0.129 e. The smallest absolute Gasteiger partial charge is 0.129 e. The number of rotatable bonds is 0. The highest BCUT2D eigenvalue weighted by atomic mass is 35.5. The fraction of sp³-hybridized carbons (Fsp3) is 0. The number of aromatic nitrogens is 4. The van der Waals surface area contributed by atoms with Gasteiger partial charge < -0.3 is 5.73 Å².